The number of hydrogen-bond donors (Lipinski definition) is 0. The molecule has 0 saturated heterocycles. The summed E-state index contributed by atoms with van der Waals surface area (Å²) in [5, 5.41) is 0. The summed E-state index contributed by atoms with van der Waals surface area (Å²) in [4.78, 5) is 12.3. The second-order valence-electron chi connectivity index (χ2n) is 6.56. The van der Waals surface area contributed by atoms with Crippen LogP contribution in [-0.4, -0.2) is 5.78 Å². The predicted octanol–water partition coefficient (Wildman–Crippen LogP) is 4.81. The molecule has 0 radical (unpaired) electrons. The molecule has 1 unspecified atom stereocenters. The molecule has 0 aromatic heterocycles. The van der Waals surface area contributed by atoms with Gasteiger partial charge in [0.1, 0.15) is 0 Å². The Kier molecular flexibility index (Phi) is 3.49. The maximum Gasteiger partial charge on any atom is 0.192 e. The molecule has 0 fully saturated rings. The van der Waals surface area contributed by atoms with E-state index in [2.05, 4.69) is 39.8 Å². The molecule has 0 saturated carbocycles. The van der Waals surface area contributed by atoms with Crippen molar-refractivity contribution in [1.29, 1.82) is 0 Å². The van der Waals surface area contributed by atoms with E-state index in [1.807, 2.05) is 36.4 Å². The SMILES string of the molecule is CC(C)(C)C1(C)C=CC(C(=O)c2ccccc2)=CC1. The first kappa shape index (κ1) is 13.8. The topological polar surface area (TPSA) is 17.1 Å². The Balaban J connectivity index is 2.20. The van der Waals surface area contributed by atoms with Crippen LogP contribution in [0.3, 0.4) is 0 Å². The van der Waals surface area contributed by atoms with E-state index in [1.165, 1.54) is 0 Å². The summed E-state index contributed by atoms with van der Waals surface area (Å²) < 4.78 is 0. The van der Waals surface area contributed by atoms with Crippen LogP contribution in [-0.2, 0) is 0 Å². The third kappa shape index (κ3) is 2.70. The van der Waals surface area contributed by atoms with Gasteiger partial charge in [0.05, 0.1) is 0 Å². The highest BCUT2D eigenvalue weighted by Gasteiger charge is 2.35. The lowest BCUT2D eigenvalue weighted by molar-refractivity contribution is 0.103. The number of ketones is 1. The number of benzene rings is 1. The standard InChI is InChI=1S/C18H22O/c1-17(2,3)18(4)12-10-15(11-13-18)16(19)14-8-6-5-7-9-14/h5-12H,13H2,1-4H3. The monoisotopic (exact) mass is 254 g/mol. The third-order valence-corrected chi connectivity index (χ3v) is 4.39. The summed E-state index contributed by atoms with van der Waals surface area (Å²) in [6.07, 6.45) is 7.19. The molecule has 0 N–H and O–H groups in total. The minimum absolute atomic E-state index is 0.118. The van der Waals surface area contributed by atoms with Gasteiger partial charge in [0.2, 0.25) is 0 Å². The van der Waals surface area contributed by atoms with Crippen LogP contribution in [0.4, 0.5) is 0 Å². The molecule has 19 heavy (non-hydrogen) atoms. The van der Waals surface area contributed by atoms with Crippen LogP contribution in [0.25, 0.3) is 0 Å². The van der Waals surface area contributed by atoms with Crippen molar-refractivity contribution < 1.29 is 4.79 Å². The molecule has 0 spiro atoms. The van der Waals surface area contributed by atoms with Crippen molar-refractivity contribution in [2.75, 3.05) is 0 Å². The Morgan fingerprint density at radius 2 is 1.79 bits per heavy atom. The van der Waals surface area contributed by atoms with Gasteiger partial charge < -0.3 is 0 Å². The van der Waals surface area contributed by atoms with E-state index in [0.29, 0.717) is 0 Å². The number of Topliss-reactive ketones (excluding diaryl/α,β-unsaturated/α-hetero) is 1. The van der Waals surface area contributed by atoms with E-state index < -0.39 is 0 Å². The highest BCUT2D eigenvalue weighted by molar-refractivity contribution is 6.10. The second kappa shape index (κ2) is 4.80. The van der Waals surface area contributed by atoms with E-state index in [-0.39, 0.29) is 16.6 Å². The van der Waals surface area contributed by atoms with Crippen LogP contribution in [0, 0.1) is 10.8 Å². The van der Waals surface area contributed by atoms with Crippen LogP contribution in [0.15, 0.2) is 54.1 Å². The fourth-order valence-corrected chi connectivity index (χ4v) is 2.21. The molecule has 1 atom stereocenters. The summed E-state index contributed by atoms with van der Waals surface area (Å²) >= 11 is 0. The van der Waals surface area contributed by atoms with Gasteiger partial charge in [-0.05, 0) is 17.3 Å². The van der Waals surface area contributed by atoms with Gasteiger partial charge in [-0.2, -0.15) is 0 Å². The Morgan fingerprint density at radius 3 is 2.26 bits per heavy atom. The van der Waals surface area contributed by atoms with Crippen molar-refractivity contribution in [1.82, 2.24) is 0 Å². The fourth-order valence-electron chi connectivity index (χ4n) is 2.21. The quantitative estimate of drug-likeness (QED) is 0.692. The van der Waals surface area contributed by atoms with Crippen molar-refractivity contribution in [2.24, 2.45) is 10.8 Å². The van der Waals surface area contributed by atoms with Gasteiger partial charge >= 0.3 is 0 Å². The average molecular weight is 254 g/mol. The van der Waals surface area contributed by atoms with Crippen molar-refractivity contribution in [3.8, 4) is 0 Å². The summed E-state index contributed by atoms with van der Waals surface area (Å²) in [6, 6.07) is 9.47. The van der Waals surface area contributed by atoms with Crippen molar-refractivity contribution >= 4 is 5.78 Å². The highest BCUT2D eigenvalue weighted by atomic mass is 16.1. The number of rotatable bonds is 2. The highest BCUT2D eigenvalue weighted by Crippen LogP contribution is 2.45. The molecule has 1 nitrogen and oxygen atoms in total. The Labute approximate surface area is 116 Å². The van der Waals surface area contributed by atoms with Gasteiger partial charge in [-0.1, -0.05) is 76.3 Å². The van der Waals surface area contributed by atoms with Crippen molar-refractivity contribution in [2.45, 2.75) is 34.1 Å². The lowest BCUT2D eigenvalue weighted by Gasteiger charge is -2.40. The first-order chi connectivity index (χ1) is 8.83. The Hall–Kier alpha value is -1.63. The molecule has 0 aliphatic heterocycles. The van der Waals surface area contributed by atoms with E-state index in [9.17, 15) is 4.79 Å². The molecule has 2 rings (SSSR count). The van der Waals surface area contributed by atoms with Gasteiger partial charge in [-0.25, -0.2) is 0 Å². The summed E-state index contributed by atoms with van der Waals surface area (Å²) in [6.45, 7) is 8.99. The first-order valence-corrected chi connectivity index (χ1v) is 6.83. The number of allylic oxidation sites excluding steroid dienone is 4. The van der Waals surface area contributed by atoms with Crippen LogP contribution in [0.5, 0.6) is 0 Å². The van der Waals surface area contributed by atoms with Crippen molar-refractivity contribution in [3.05, 3.63) is 59.7 Å². The molecule has 1 aromatic rings. The van der Waals surface area contributed by atoms with Gasteiger partial charge in [0, 0.05) is 11.1 Å². The molecule has 1 heteroatoms. The maximum absolute atomic E-state index is 12.3. The smallest absolute Gasteiger partial charge is 0.192 e. The Morgan fingerprint density at radius 1 is 1.16 bits per heavy atom. The van der Waals surface area contributed by atoms with Gasteiger partial charge in [0.15, 0.2) is 5.78 Å². The lowest BCUT2D eigenvalue weighted by Crippen LogP contribution is -2.31. The number of hydrogen-bond acceptors (Lipinski definition) is 1. The van der Waals surface area contributed by atoms with Gasteiger partial charge in [-0.3, -0.25) is 4.79 Å². The summed E-state index contributed by atoms with van der Waals surface area (Å²) in [7, 11) is 0. The average Bonchev–Trinajstić information content (AvgIpc) is 2.39. The van der Waals surface area contributed by atoms with E-state index >= 15 is 0 Å². The van der Waals surface area contributed by atoms with E-state index in [0.717, 1.165) is 17.6 Å². The second-order valence-corrected chi connectivity index (χ2v) is 6.56. The fraction of sp³-hybridized carbons (Fsp3) is 0.389. The molecule has 0 bridgehead atoms. The molecule has 1 aromatic carbocycles. The maximum atomic E-state index is 12.3. The zero-order valence-corrected chi connectivity index (χ0v) is 12.2. The molecular formula is C18H22O. The van der Waals surface area contributed by atoms with Gasteiger partial charge in [-0.15, -0.1) is 0 Å². The number of carbonyl (C=O) groups is 1. The zero-order valence-electron chi connectivity index (χ0n) is 12.2. The first-order valence-electron chi connectivity index (χ1n) is 6.83. The Bertz CT molecular complexity index is 529. The summed E-state index contributed by atoms with van der Waals surface area (Å²) in [5.41, 5.74) is 1.89. The predicted molar refractivity (Wildman–Crippen MR) is 80.2 cm³/mol. The van der Waals surface area contributed by atoms with Crippen LogP contribution >= 0.6 is 0 Å². The van der Waals surface area contributed by atoms with Crippen LogP contribution in [0.1, 0.15) is 44.5 Å². The third-order valence-electron chi connectivity index (χ3n) is 4.39. The minimum atomic E-state index is 0.118. The lowest BCUT2D eigenvalue weighted by atomic mass is 9.64. The largest absolute Gasteiger partial charge is 0.289 e. The molecule has 0 amide bonds. The normalized spacial score (nSPS) is 23.1. The van der Waals surface area contributed by atoms with Gasteiger partial charge in [0.25, 0.3) is 0 Å². The zero-order chi connectivity index (χ0) is 14.1. The number of carbonyl (C=O) groups excluding carboxylic acids is 1. The van der Waals surface area contributed by atoms with E-state index in [1.54, 1.807) is 0 Å². The van der Waals surface area contributed by atoms with Crippen LogP contribution < -0.4 is 0 Å². The molecule has 100 valence electrons. The summed E-state index contributed by atoms with van der Waals surface area (Å²) in [5.74, 6) is 0.118. The molecule has 0 heterocycles. The van der Waals surface area contributed by atoms with Crippen molar-refractivity contribution in [3.63, 3.8) is 0 Å². The molecule has 1 aliphatic rings. The van der Waals surface area contributed by atoms with Crippen LogP contribution in [0.2, 0.25) is 0 Å². The molecular weight excluding hydrogens is 232 g/mol. The minimum Gasteiger partial charge on any atom is -0.289 e. The molecule has 1 aliphatic carbocycles. The van der Waals surface area contributed by atoms with E-state index in [4.69, 9.17) is 0 Å².